The fourth-order valence-corrected chi connectivity index (χ4v) is 1.25. The summed E-state index contributed by atoms with van der Waals surface area (Å²) in [5.41, 5.74) is 1.68. The van der Waals surface area contributed by atoms with E-state index in [4.69, 9.17) is 4.74 Å². The van der Waals surface area contributed by atoms with E-state index in [-0.39, 0.29) is 5.41 Å². The highest BCUT2D eigenvalue weighted by molar-refractivity contribution is 5.05. The van der Waals surface area contributed by atoms with E-state index in [1.165, 1.54) is 5.57 Å². The molecule has 13 heavy (non-hydrogen) atoms. The molecule has 0 amide bonds. The van der Waals surface area contributed by atoms with Crippen LogP contribution in [0.2, 0.25) is 0 Å². The summed E-state index contributed by atoms with van der Waals surface area (Å²) in [6, 6.07) is 0. The van der Waals surface area contributed by atoms with Crippen molar-refractivity contribution in [3.05, 3.63) is 11.6 Å². The van der Waals surface area contributed by atoms with E-state index in [1.54, 1.807) is 7.11 Å². The third-order valence-electron chi connectivity index (χ3n) is 1.57. The third-order valence-corrected chi connectivity index (χ3v) is 1.57. The fourth-order valence-electron chi connectivity index (χ4n) is 1.25. The Labute approximate surface area is 82.4 Å². The molecule has 0 rings (SSSR count). The maximum absolute atomic E-state index is 4.94. The van der Waals surface area contributed by atoms with Crippen molar-refractivity contribution >= 4 is 0 Å². The zero-order valence-corrected chi connectivity index (χ0v) is 9.61. The number of nitrogens with one attached hydrogen (secondary N) is 1. The Bertz CT molecular complexity index is 156. The Morgan fingerprint density at radius 1 is 1.38 bits per heavy atom. The average molecular weight is 185 g/mol. The average Bonchev–Trinajstić information content (AvgIpc) is 1.94. The predicted octanol–water partition coefficient (Wildman–Crippen LogP) is 2.21. The highest BCUT2D eigenvalue weighted by Crippen LogP contribution is 2.16. The van der Waals surface area contributed by atoms with Gasteiger partial charge in [0, 0.05) is 20.2 Å². The molecule has 78 valence electrons. The van der Waals surface area contributed by atoms with Crippen LogP contribution in [0.15, 0.2) is 11.6 Å². The maximum Gasteiger partial charge on any atom is 0.0587 e. The lowest BCUT2D eigenvalue weighted by molar-refractivity contribution is 0.200. The van der Waals surface area contributed by atoms with Gasteiger partial charge in [-0.2, -0.15) is 0 Å². The van der Waals surface area contributed by atoms with Crippen LogP contribution >= 0.6 is 0 Å². The molecule has 1 N–H and O–H groups in total. The quantitative estimate of drug-likeness (QED) is 0.524. The van der Waals surface area contributed by atoms with Gasteiger partial charge in [-0.1, -0.05) is 32.4 Å². The zero-order chi connectivity index (χ0) is 10.3. The van der Waals surface area contributed by atoms with E-state index in [2.05, 4.69) is 39.1 Å². The van der Waals surface area contributed by atoms with E-state index < -0.39 is 0 Å². The Balaban J connectivity index is 3.62. The lowest BCUT2D eigenvalue weighted by atomic mass is 9.94. The van der Waals surface area contributed by atoms with Crippen molar-refractivity contribution in [1.82, 2.24) is 5.32 Å². The summed E-state index contributed by atoms with van der Waals surface area (Å²) in [6.45, 7) is 11.5. The monoisotopic (exact) mass is 185 g/mol. The molecule has 0 heterocycles. The minimum Gasteiger partial charge on any atom is -0.383 e. The number of methoxy groups -OCH3 is 1. The first-order valence-corrected chi connectivity index (χ1v) is 4.83. The van der Waals surface area contributed by atoms with Gasteiger partial charge in [0.05, 0.1) is 6.61 Å². The number of hydrogen-bond donors (Lipinski definition) is 1. The van der Waals surface area contributed by atoms with Gasteiger partial charge in [-0.15, -0.1) is 0 Å². The summed E-state index contributed by atoms with van der Waals surface area (Å²) in [5.74, 6) is 0. The summed E-state index contributed by atoms with van der Waals surface area (Å²) in [7, 11) is 1.72. The topological polar surface area (TPSA) is 21.3 Å². The second-order valence-electron chi connectivity index (χ2n) is 4.53. The van der Waals surface area contributed by atoms with Gasteiger partial charge in [-0.25, -0.2) is 0 Å². The largest absolute Gasteiger partial charge is 0.383 e. The zero-order valence-electron chi connectivity index (χ0n) is 9.61. The van der Waals surface area contributed by atoms with Gasteiger partial charge >= 0.3 is 0 Å². The van der Waals surface area contributed by atoms with Crippen LogP contribution in [0.4, 0.5) is 0 Å². The molecule has 0 fully saturated rings. The van der Waals surface area contributed by atoms with Crippen molar-refractivity contribution in [3.63, 3.8) is 0 Å². The van der Waals surface area contributed by atoms with Crippen LogP contribution < -0.4 is 5.32 Å². The molecule has 0 aliphatic heterocycles. The van der Waals surface area contributed by atoms with Crippen LogP contribution in [0.25, 0.3) is 0 Å². The summed E-state index contributed by atoms with van der Waals surface area (Å²) in [5, 5.41) is 3.32. The van der Waals surface area contributed by atoms with Gasteiger partial charge in [0.15, 0.2) is 0 Å². The van der Waals surface area contributed by atoms with Crippen molar-refractivity contribution in [2.24, 2.45) is 5.41 Å². The molecule has 2 heteroatoms. The van der Waals surface area contributed by atoms with Crippen LogP contribution in [0.3, 0.4) is 0 Å². The smallest absolute Gasteiger partial charge is 0.0587 e. The van der Waals surface area contributed by atoms with Gasteiger partial charge in [0.25, 0.3) is 0 Å². The van der Waals surface area contributed by atoms with E-state index >= 15 is 0 Å². The SMILES string of the molecule is COCCNCC(C)=CC(C)(C)C. The molecule has 0 aromatic heterocycles. The molecule has 0 unspecified atom stereocenters. The van der Waals surface area contributed by atoms with Gasteiger partial charge in [0.2, 0.25) is 0 Å². The molecule has 0 spiro atoms. The molecule has 0 aliphatic rings. The van der Waals surface area contributed by atoms with Crippen molar-refractivity contribution in [3.8, 4) is 0 Å². The fraction of sp³-hybridized carbons (Fsp3) is 0.818. The van der Waals surface area contributed by atoms with E-state index in [0.717, 1.165) is 19.7 Å². The van der Waals surface area contributed by atoms with Gasteiger partial charge in [0.1, 0.15) is 0 Å². The normalized spacial score (nSPS) is 13.5. The molecule has 0 bridgehead atoms. The second kappa shape index (κ2) is 6.17. The van der Waals surface area contributed by atoms with Crippen LogP contribution in [0.1, 0.15) is 27.7 Å². The van der Waals surface area contributed by atoms with Crippen LogP contribution in [0.5, 0.6) is 0 Å². The maximum atomic E-state index is 4.94. The number of hydrogen-bond acceptors (Lipinski definition) is 2. The molecular weight excluding hydrogens is 162 g/mol. The molecule has 0 aromatic carbocycles. The Hall–Kier alpha value is -0.340. The van der Waals surface area contributed by atoms with Crippen molar-refractivity contribution in [1.29, 1.82) is 0 Å². The first-order valence-electron chi connectivity index (χ1n) is 4.83. The molecule has 0 radical (unpaired) electrons. The Morgan fingerprint density at radius 2 is 2.00 bits per heavy atom. The van der Waals surface area contributed by atoms with Gasteiger partial charge < -0.3 is 10.1 Å². The van der Waals surface area contributed by atoms with Crippen LogP contribution in [-0.2, 0) is 4.74 Å². The van der Waals surface area contributed by atoms with Crippen molar-refractivity contribution < 1.29 is 4.74 Å². The standard InChI is InChI=1S/C11H23NO/c1-10(8-11(2,3)4)9-12-6-7-13-5/h8,12H,6-7,9H2,1-5H3. The highest BCUT2D eigenvalue weighted by atomic mass is 16.5. The molecule has 0 atom stereocenters. The summed E-state index contributed by atoms with van der Waals surface area (Å²) < 4.78 is 4.94. The number of allylic oxidation sites excluding steroid dienone is 1. The van der Waals surface area contributed by atoms with Crippen LogP contribution in [0, 0.1) is 5.41 Å². The van der Waals surface area contributed by atoms with Crippen LogP contribution in [-0.4, -0.2) is 26.8 Å². The predicted molar refractivity (Wildman–Crippen MR) is 58.0 cm³/mol. The van der Waals surface area contributed by atoms with Crippen molar-refractivity contribution in [2.75, 3.05) is 26.8 Å². The van der Waals surface area contributed by atoms with E-state index in [1.807, 2.05) is 0 Å². The molecule has 0 saturated heterocycles. The third kappa shape index (κ3) is 9.57. The lowest BCUT2D eigenvalue weighted by Crippen LogP contribution is -2.21. The molecule has 0 saturated carbocycles. The van der Waals surface area contributed by atoms with Crippen molar-refractivity contribution in [2.45, 2.75) is 27.7 Å². The van der Waals surface area contributed by atoms with Gasteiger partial charge in [-0.3, -0.25) is 0 Å². The summed E-state index contributed by atoms with van der Waals surface area (Å²) >= 11 is 0. The van der Waals surface area contributed by atoms with E-state index in [0.29, 0.717) is 0 Å². The lowest BCUT2D eigenvalue weighted by Gasteiger charge is -2.14. The minimum atomic E-state index is 0.285. The first-order chi connectivity index (χ1) is 5.95. The summed E-state index contributed by atoms with van der Waals surface area (Å²) in [4.78, 5) is 0. The molecule has 0 aromatic rings. The second-order valence-corrected chi connectivity index (χ2v) is 4.53. The Morgan fingerprint density at radius 3 is 2.46 bits per heavy atom. The molecule has 0 aliphatic carbocycles. The highest BCUT2D eigenvalue weighted by Gasteiger charge is 2.05. The van der Waals surface area contributed by atoms with Gasteiger partial charge in [-0.05, 0) is 12.3 Å². The summed E-state index contributed by atoms with van der Waals surface area (Å²) in [6.07, 6.45) is 2.30. The molecular formula is C11H23NO. The number of ether oxygens (including phenoxy) is 1. The minimum absolute atomic E-state index is 0.285. The number of rotatable bonds is 5. The Kier molecular flexibility index (Phi) is 6.00. The van der Waals surface area contributed by atoms with E-state index in [9.17, 15) is 0 Å². The first kappa shape index (κ1) is 12.7. The molecule has 2 nitrogen and oxygen atoms in total.